The van der Waals surface area contributed by atoms with Gasteiger partial charge >= 0.3 is 0 Å². The fraction of sp³-hybridized carbons (Fsp3) is 0.259. The lowest BCUT2D eigenvalue weighted by molar-refractivity contribution is -0.118. The normalized spacial score (nSPS) is 15.6. The topological polar surface area (TPSA) is 73.1 Å². The predicted molar refractivity (Wildman–Crippen MR) is 138 cm³/mol. The van der Waals surface area contributed by atoms with Gasteiger partial charge in [-0.1, -0.05) is 30.0 Å². The third kappa shape index (κ3) is 4.53. The van der Waals surface area contributed by atoms with Crippen molar-refractivity contribution in [2.24, 2.45) is 0 Å². The number of amides is 1. The molecule has 1 aliphatic rings. The van der Waals surface area contributed by atoms with Gasteiger partial charge in [0.25, 0.3) is 0 Å². The molecule has 3 heterocycles. The maximum absolute atomic E-state index is 13.6. The summed E-state index contributed by atoms with van der Waals surface area (Å²) in [6, 6.07) is 19.9. The highest BCUT2D eigenvalue weighted by molar-refractivity contribution is 8.00. The number of aromatic nitrogens is 4. The zero-order valence-electron chi connectivity index (χ0n) is 20.0. The lowest BCUT2D eigenvalue weighted by atomic mass is 10.1. The van der Waals surface area contributed by atoms with Crippen LogP contribution in [0.15, 0.2) is 78.2 Å². The molecule has 5 rings (SSSR count). The first kappa shape index (κ1) is 23.1. The molecule has 2 atom stereocenters. The van der Waals surface area contributed by atoms with Crippen LogP contribution in [0.3, 0.4) is 0 Å². The van der Waals surface area contributed by atoms with Crippen LogP contribution in [0, 0.1) is 0 Å². The van der Waals surface area contributed by atoms with Crippen molar-refractivity contribution < 1.29 is 9.53 Å². The van der Waals surface area contributed by atoms with Crippen LogP contribution in [0.4, 0.5) is 5.69 Å². The number of para-hydroxylation sites is 1. The van der Waals surface area contributed by atoms with E-state index in [-0.39, 0.29) is 17.2 Å². The zero-order valence-corrected chi connectivity index (χ0v) is 20.8. The molecule has 1 aliphatic heterocycles. The van der Waals surface area contributed by atoms with Crippen molar-refractivity contribution in [1.82, 2.24) is 19.7 Å². The van der Waals surface area contributed by atoms with E-state index in [0.29, 0.717) is 17.6 Å². The minimum atomic E-state index is -0.348. The number of anilines is 1. The molecule has 0 saturated carbocycles. The van der Waals surface area contributed by atoms with Crippen LogP contribution >= 0.6 is 11.8 Å². The van der Waals surface area contributed by atoms with Crippen molar-refractivity contribution in [3.05, 3.63) is 78.6 Å². The van der Waals surface area contributed by atoms with Gasteiger partial charge in [-0.2, -0.15) is 0 Å². The highest BCUT2D eigenvalue weighted by Gasteiger charge is 2.34. The summed E-state index contributed by atoms with van der Waals surface area (Å²) >= 11 is 1.42. The van der Waals surface area contributed by atoms with E-state index in [1.54, 1.807) is 12.4 Å². The molecule has 178 valence electrons. The number of carbonyl (C=O) groups is 1. The largest absolute Gasteiger partial charge is 0.494 e. The van der Waals surface area contributed by atoms with Crippen molar-refractivity contribution >= 4 is 23.4 Å². The van der Waals surface area contributed by atoms with E-state index in [0.717, 1.165) is 29.1 Å². The van der Waals surface area contributed by atoms with E-state index in [4.69, 9.17) is 4.74 Å². The Labute approximate surface area is 209 Å². The maximum Gasteiger partial charge on any atom is 0.240 e. The lowest BCUT2D eigenvalue weighted by Crippen LogP contribution is -2.40. The second-order valence-corrected chi connectivity index (χ2v) is 9.76. The molecule has 0 fully saturated rings. The van der Waals surface area contributed by atoms with Gasteiger partial charge in [0.2, 0.25) is 5.91 Å². The highest BCUT2D eigenvalue weighted by Crippen LogP contribution is 2.36. The van der Waals surface area contributed by atoms with Gasteiger partial charge in [0.15, 0.2) is 11.0 Å². The number of thioether (sulfide) groups is 1. The van der Waals surface area contributed by atoms with Crippen molar-refractivity contribution in [1.29, 1.82) is 0 Å². The number of ether oxygens (including phenoxy) is 1. The molecule has 0 spiro atoms. The van der Waals surface area contributed by atoms with Crippen LogP contribution in [0.2, 0.25) is 0 Å². The Kier molecular flexibility index (Phi) is 6.55. The molecule has 0 bridgehead atoms. The average Bonchev–Trinajstić information content (AvgIpc) is 3.45. The van der Waals surface area contributed by atoms with Crippen molar-refractivity contribution in [2.45, 2.75) is 43.6 Å². The molecule has 7 nitrogen and oxygen atoms in total. The second kappa shape index (κ2) is 9.92. The minimum Gasteiger partial charge on any atom is -0.494 e. The third-order valence-corrected chi connectivity index (χ3v) is 7.08. The molecule has 8 heteroatoms. The van der Waals surface area contributed by atoms with Gasteiger partial charge < -0.3 is 9.64 Å². The monoisotopic (exact) mass is 485 g/mol. The van der Waals surface area contributed by atoms with Crippen LogP contribution < -0.4 is 9.64 Å². The van der Waals surface area contributed by atoms with Gasteiger partial charge in [-0.3, -0.25) is 14.3 Å². The van der Waals surface area contributed by atoms with E-state index in [1.165, 1.54) is 17.3 Å². The molecule has 35 heavy (non-hydrogen) atoms. The van der Waals surface area contributed by atoms with Crippen molar-refractivity contribution in [3.63, 3.8) is 0 Å². The zero-order chi connectivity index (χ0) is 24.4. The molecule has 4 aromatic rings. The Bertz CT molecular complexity index is 1320. The molecule has 2 aromatic heterocycles. The molecule has 0 radical (unpaired) electrons. The van der Waals surface area contributed by atoms with Crippen LogP contribution in [-0.4, -0.2) is 43.6 Å². The summed E-state index contributed by atoms with van der Waals surface area (Å²) in [6.07, 6.45) is 4.34. The molecular formula is C27H27N5O2S. The number of carbonyl (C=O) groups excluding carboxylic acids is 1. The quantitative estimate of drug-likeness (QED) is 0.336. The summed E-state index contributed by atoms with van der Waals surface area (Å²) < 4.78 is 7.60. The van der Waals surface area contributed by atoms with Crippen LogP contribution in [-0.2, 0) is 11.2 Å². The summed E-state index contributed by atoms with van der Waals surface area (Å²) in [4.78, 5) is 19.6. The second-order valence-electron chi connectivity index (χ2n) is 8.45. The minimum absolute atomic E-state index is 0.0687. The van der Waals surface area contributed by atoms with Crippen LogP contribution in [0.5, 0.6) is 5.75 Å². The number of pyridine rings is 1. The van der Waals surface area contributed by atoms with Gasteiger partial charge in [-0.25, -0.2) is 0 Å². The number of hydrogen-bond donors (Lipinski definition) is 0. The fourth-order valence-electron chi connectivity index (χ4n) is 4.43. The Balaban J connectivity index is 1.48. The smallest absolute Gasteiger partial charge is 0.240 e. The molecule has 0 aliphatic carbocycles. The van der Waals surface area contributed by atoms with Gasteiger partial charge in [0, 0.05) is 35.4 Å². The van der Waals surface area contributed by atoms with Crippen molar-refractivity contribution in [3.8, 4) is 22.8 Å². The van der Waals surface area contributed by atoms with Crippen molar-refractivity contribution in [2.75, 3.05) is 11.5 Å². The van der Waals surface area contributed by atoms with E-state index < -0.39 is 0 Å². The van der Waals surface area contributed by atoms with E-state index >= 15 is 0 Å². The third-order valence-electron chi connectivity index (χ3n) is 6.05. The Morgan fingerprint density at radius 1 is 1.09 bits per heavy atom. The SMILES string of the molecule is CCOc1ccc(-n2c(SC(C)C(=O)N3c4ccccc4CC3C)nnc2-c2ccncc2)cc1. The Morgan fingerprint density at radius 3 is 2.57 bits per heavy atom. The molecule has 0 saturated heterocycles. The number of benzene rings is 2. The van der Waals surface area contributed by atoms with Crippen LogP contribution in [0.25, 0.3) is 17.1 Å². The van der Waals surface area contributed by atoms with E-state index in [1.807, 2.05) is 77.9 Å². The first-order valence-electron chi connectivity index (χ1n) is 11.7. The molecule has 2 aromatic carbocycles. The molecular weight excluding hydrogens is 458 g/mol. The van der Waals surface area contributed by atoms with E-state index in [9.17, 15) is 4.79 Å². The van der Waals surface area contributed by atoms with Gasteiger partial charge in [-0.05, 0) is 75.2 Å². The Morgan fingerprint density at radius 2 is 1.83 bits per heavy atom. The van der Waals surface area contributed by atoms with Crippen LogP contribution in [0.1, 0.15) is 26.3 Å². The summed E-state index contributed by atoms with van der Waals surface area (Å²) in [6.45, 7) is 6.60. The number of fused-ring (bicyclic) bond motifs is 1. The summed E-state index contributed by atoms with van der Waals surface area (Å²) in [7, 11) is 0. The summed E-state index contributed by atoms with van der Waals surface area (Å²) in [5, 5.41) is 9.29. The number of nitrogens with zero attached hydrogens (tertiary/aromatic N) is 5. The predicted octanol–water partition coefficient (Wildman–Crippen LogP) is 5.19. The summed E-state index contributed by atoms with van der Waals surface area (Å²) in [5.74, 6) is 1.56. The molecule has 1 amide bonds. The van der Waals surface area contributed by atoms with Gasteiger partial charge in [0.1, 0.15) is 5.75 Å². The standard InChI is InChI=1S/C27H27N5O2S/c1-4-34-23-11-9-22(10-12-23)32-25(20-13-15-28-16-14-20)29-30-27(32)35-19(3)26(33)31-18(2)17-21-7-5-6-8-24(21)31/h5-16,18-19H,4,17H2,1-3H3. The van der Waals surface area contributed by atoms with Gasteiger partial charge in [0.05, 0.1) is 11.9 Å². The number of rotatable bonds is 7. The first-order chi connectivity index (χ1) is 17.1. The summed E-state index contributed by atoms with van der Waals surface area (Å²) in [5.41, 5.74) is 4.01. The maximum atomic E-state index is 13.6. The fourth-order valence-corrected chi connectivity index (χ4v) is 5.35. The average molecular weight is 486 g/mol. The molecule has 2 unspecified atom stereocenters. The first-order valence-corrected chi connectivity index (χ1v) is 12.6. The number of hydrogen-bond acceptors (Lipinski definition) is 6. The molecule has 0 N–H and O–H groups in total. The van der Waals surface area contributed by atoms with E-state index in [2.05, 4.69) is 28.2 Å². The Hall–Kier alpha value is -3.65. The lowest BCUT2D eigenvalue weighted by Gasteiger charge is -2.25. The highest BCUT2D eigenvalue weighted by atomic mass is 32.2. The van der Waals surface area contributed by atoms with Gasteiger partial charge in [-0.15, -0.1) is 10.2 Å².